The number of hydrogen-bond donors (Lipinski definition) is 1. The molecular formula is C18H26BClFNO4. The lowest BCUT2D eigenvalue weighted by Gasteiger charge is -2.32. The second kappa shape index (κ2) is 7.02. The predicted molar refractivity (Wildman–Crippen MR) is 100 cm³/mol. The molecule has 0 radical (unpaired) electrons. The van der Waals surface area contributed by atoms with E-state index >= 15 is 0 Å². The van der Waals surface area contributed by atoms with Crippen molar-refractivity contribution in [2.75, 3.05) is 0 Å². The van der Waals surface area contributed by atoms with Crippen LogP contribution in [0.1, 0.15) is 54.0 Å². The van der Waals surface area contributed by atoms with Crippen LogP contribution in [0.15, 0.2) is 12.1 Å². The third-order valence-electron chi connectivity index (χ3n) is 4.50. The first-order chi connectivity index (χ1) is 11.7. The summed E-state index contributed by atoms with van der Waals surface area (Å²) in [4.78, 5) is 11.7. The summed E-state index contributed by atoms with van der Waals surface area (Å²) in [6.45, 7) is 12.9. The molecule has 144 valence electrons. The highest BCUT2D eigenvalue weighted by Gasteiger charge is 2.51. The predicted octanol–water partition coefficient (Wildman–Crippen LogP) is 3.80. The van der Waals surface area contributed by atoms with Crippen LogP contribution in [0.2, 0.25) is 5.02 Å². The van der Waals surface area contributed by atoms with Gasteiger partial charge in [0.05, 0.1) is 17.7 Å². The number of carbonyl (C=O) groups excluding carboxylic acids is 1. The minimum Gasteiger partial charge on any atom is -0.444 e. The van der Waals surface area contributed by atoms with Crippen molar-refractivity contribution < 1.29 is 23.2 Å². The molecule has 0 unspecified atom stereocenters. The number of ether oxygens (including phenoxy) is 1. The molecule has 1 amide bonds. The lowest BCUT2D eigenvalue weighted by atomic mass is 9.78. The van der Waals surface area contributed by atoms with Crippen molar-refractivity contribution in [2.45, 2.75) is 71.8 Å². The number of alkyl carbamates (subject to hydrolysis) is 1. The summed E-state index contributed by atoms with van der Waals surface area (Å²) < 4.78 is 31.5. The molecule has 0 aromatic heterocycles. The maximum Gasteiger partial charge on any atom is 0.494 e. The number of rotatable bonds is 3. The maximum atomic E-state index is 14.6. The van der Waals surface area contributed by atoms with E-state index in [-0.39, 0.29) is 17.1 Å². The number of nitrogens with one attached hydrogen (secondary N) is 1. The lowest BCUT2D eigenvalue weighted by Crippen LogP contribution is -2.41. The average Bonchev–Trinajstić information content (AvgIpc) is 2.64. The first-order valence-electron chi connectivity index (χ1n) is 8.52. The van der Waals surface area contributed by atoms with Gasteiger partial charge in [-0.1, -0.05) is 11.6 Å². The molecule has 1 fully saturated rings. The topological polar surface area (TPSA) is 56.8 Å². The van der Waals surface area contributed by atoms with E-state index in [1.165, 1.54) is 6.07 Å². The molecule has 0 bridgehead atoms. The first-order valence-corrected chi connectivity index (χ1v) is 8.90. The molecule has 0 spiro atoms. The van der Waals surface area contributed by atoms with E-state index in [0.717, 1.165) is 0 Å². The van der Waals surface area contributed by atoms with Gasteiger partial charge in [-0.25, -0.2) is 9.18 Å². The van der Waals surface area contributed by atoms with Crippen molar-refractivity contribution in [3.8, 4) is 0 Å². The Bertz CT molecular complexity index is 664. The second-order valence-corrected chi connectivity index (χ2v) is 8.81. The molecular weight excluding hydrogens is 359 g/mol. The molecule has 1 aliphatic heterocycles. The van der Waals surface area contributed by atoms with Gasteiger partial charge in [-0.05, 0) is 66.1 Å². The molecule has 1 saturated heterocycles. The Kier molecular flexibility index (Phi) is 5.67. The second-order valence-electron chi connectivity index (χ2n) is 8.41. The molecule has 2 rings (SSSR count). The van der Waals surface area contributed by atoms with Gasteiger partial charge in [-0.15, -0.1) is 0 Å². The SMILES string of the molecule is CC(C)(C)OC(=O)NCc1c(F)cc(B2OC(C)(C)C(C)(C)O2)cc1Cl. The van der Waals surface area contributed by atoms with Gasteiger partial charge in [0.1, 0.15) is 11.4 Å². The standard InChI is InChI=1S/C18H26BClFNO4/c1-16(2,3)24-15(23)22-10-12-13(20)8-11(9-14(12)21)19-25-17(4,5)18(6,7)26-19/h8-9H,10H2,1-7H3,(H,22,23). The number of halogens is 2. The summed E-state index contributed by atoms with van der Waals surface area (Å²) in [5.74, 6) is -0.543. The molecule has 0 saturated carbocycles. The summed E-state index contributed by atoms with van der Waals surface area (Å²) in [5, 5.41) is 2.69. The van der Waals surface area contributed by atoms with Gasteiger partial charge in [-0.2, -0.15) is 0 Å². The van der Waals surface area contributed by atoms with Gasteiger partial charge < -0.3 is 19.4 Å². The van der Waals surface area contributed by atoms with Crippen molar-refractivity contribution in [1.82, 2.24) is 5.32 Å². The molecule has 1 aromatic rings. The van der Waals surface area contributed by atoms with E-state index in [2.05, 4.69) is 5.32 Å². The molecule has 8 heteroatoms. The van der Waals surface area contributed by atoms with Gasteiger partial charge in [0.2, 0.25) is 0 Å². The Morgan fingerprint density at radius 1 is 1.23 bits per heavy atom. The Morgan fingerprint density at radius 3 is 2.23 bits per heavy atom. The summed E-state index contributed by atoms with van der Waals surface area (Å²) >= 11 is 6.23. The summed E-state index contributed by atoms with van der Waals surface area (Å²) in [6, 6.07) is 2.92. The lowest BCUT2D eigenvalue weighted by molar-refractivity contribution is 0.00578. The Morgan fingerprint density at radius 2 is 1.77 bits per heavy atom. The van der Waals surface area contributed by atoms with E-state index in [4.69, 9.17) is 25.6 Å². The van der Waals surface area contributed by atoms with E-state index in [1.807, 2.05) is 27.7 Å². The van der Waals surface area contributed by atoms with Crippen molar-refractivity contribution in [3.05, 3.63) is 28.5 Å². The van der Waals surface area contributed by atoms with Gasteiger partial charge >= 0.3 is 13.2 Å². The van der Waals surface area contributed by atoms with E-state index in [9.17, 15) is 9.18 Å². The molecule has 1 N–H and O–H groups in total. The Labute approximate surface area is 159 Å². The van der Waals surface area contributed by atoms with Crippen molar-refractivity contribution in [2.24, 2.45) is 0 Å². The third-order valence-corrected chi connectivity index (χ3v) is 4.83. The molecule has 1 aliphatic rings. The highest BCUT2D eigenvalue weighted by molar-refractivity contribution is 6.62. The fourth-order valence-corrected chi connectivity index (χ4v) is 2.66. The largest absolute Gasteiger partial charge is 0.494 e. The Hall–Kier alpha value is -1.31. The number of benzene rings is 1. The molecule has 5 nitrogen and oxygen atoms in total. The third kappa shape index (κ3) is 4.70. The minimum absolute atomic E-state index is 0.0801. The zero-order chi connectivity index (χ0) is 19.9. The zero-order valence-corrected chi connectivity index (χ0v) is 17.1. The van der Waals surface area contributed by atoms with Crippen LogP contribution >= 0.6 is 11.6 Å². The fraction of sp³-hybridized carbons (Fsp3) is 0.611. The maximum absolute atomic E-state index is 14.6. The number of carbonyl (C=O) groups is 1. The molecule has 1 heterocycles. The first kappa shape index (κ1) is 21.0. The van der Waals surface area contributed by atoms with Crippen LogP contribution in [-0.4, -0.2) is 30.0 Å². The normalized spacial score (nSPS) is 18.7. The zero-order valence-electron chi connectivity index (χ0n) is 16.3. The Balaban J connectivity index is 2.13. The highest BCUT2D eigenvalue weighted by Crippen LogP contribution is 2.36. The summed E-state index contributed by atoms with van der Waals surface area (Å²) in [5.41, 5.74) is -1.02. The van der Waals surface area contributed by atoms with Crippen molar-refractivity contribution >= 4 is 30.3 Å². The fourth-order valence-electron chi connectivity index (χ4n) is 2.38. The van der Waals surface area contributed by atoms with Crippen LogP contribution in [0.3, 0.4) is 0 Å². The van der Waals surface area contributed by atoms with Crippen molar-refractivity contribution in [1.29, 1.82) is 0 Å². The van der Waals surface area contributed by atoms with Crippen LogP contribution in [-0.2, 0) is 20.6 Å². The summed E-state index contributed by atoms with van der Waals surface area (Å²) in [6.07, 6.45) is -0.636. The summed E-state index contributed by atoms with van der Waals surface area (Å²) in [7, 11) is -0.708. The molecule has 26 heavy (non-hydrogen) atoms. The van der Waals surface area contributed by atoms with E-state index < -0.39 is 35.8 Å². The number of amides is 1. The van der Waals surface area contributed by atoms with E-state index in [0.29, 0.717) is 5.46 Å². The minimum atomic E-state index is -0.708. The van der Waals surface area contributed by atoms with Gasteiger partial charge in [-0.3, -0.25) is 0 Å². The average molecular weight is 386 g/mol. The van der Waals surface area contributed by atoms with Gasteiger partial charge in [0, 0.05) is 10.6 Å². The molecule has 0 aliphatic carbocycles. The van der Waals surface area contributed by atoms with Gasteiger partial charge in [0.15, 0.2) is 0 Å². The molecule has 1 aromatic carbocycles. The molecule has 0 atom stereocenters. The van der Waals surface area contributed by atoms with Crippen molar-refractivity contribution in [3.63, 3.8) is 0 Å². The monoisotopic (exact) mass is 385 g/mol. The smallest absolute Gasteiger partial charge is 0.444 e. The van der Waals surface area contributed by atoms with E-state index in [1.54, 1.807) is 26.8 Å². The van der Waals surface area contributed by atoms with Crippen LogP contribution in [0.25, 0.3) is 0 Å². The highest BCUT2D eigenvalue weighted by atomic mass is 35.5. The van der Waals surface area contributed by atoms with Crippen LogP contribution in [0.5, 0.6) is 0 Å². The quantitative estimate of drug-likeness (QED) is 0.804. The number of hydrogen-bond acceptors (Lipinski definition) is 4. The van der Waals surface area contributed by atoms with Crippen LogP contribution in [0, 0.1) is 5.82 Å². The van der Waals surface area contributed by atoms with Crippen LogP contribution in [0.4, 0.5) is 9.18 Å². The van der Waals surface area contributed by atoms with Crippen LogP contribution < -0.4 is 10.8 Å². The van der Waals surface area contributed by atoms with Gasteiger partial charge in [0.25, 0.3) is 0 Å².